The van der Waals surface area contributed by atoms with Crippen molar-refractivity contribution in [2.75, 3.05) is 18.5 Å². The van der Waals surface area contributed by atoms with Crippen molar-refractivity contribution < 1.29 is 28.6 Å². The van der Waals surface area contributed by atoms with Crippen molar-refractivity contribution in [2.45, 2.75) is 27.5 Å². The lowest BCUT2D eigenvalue weighted by Crippen LogP contribution is -2.16. The number of ether oxygens (including phenoxy) is 3. The first kappa shape index (κ1) is 25.5. The number of nitrogens with one attached hydrogen (secondary N) is 1. The lowest BCUT2D eigenvalue weighted by molar-refractivity contribution is 0.0527. The molecule has 3 rings (SSSR count). The van der Waals surface area contributed by atoms with Gasteiger partial charge in [-0.3, -0.25) is 4.79 Å². The number of thiophene rings is 1. The highest BCUT2D eigenvalue weighted by molar-refractivity contribution is 7.18. The number of anilines is 1. The van der Waals surface area contributed by atoms with Gasteiger partial charge < -0.3 is 19.5 Å². The van der Waals surface area contributed by atoms with E-state index in [4.69, 9.17) is 37.4 Å². The summed E-state index contributed by atoms with van der Waals surface area (Å²) in [5.41, 5.74) is 0.545. The number of aromatic nitrogens is 2. The van der Waals surface area contributed by atoms with Crippen molar-refractivity contribution >= 4 is 57.4 Å². The van der Waals surface area contributed by atoms with Gasteiger partial charge in [-0.2, -0.15) is 5.10 Å². The number of nitrogens with zero attached hydrogens (tertiary/aromatic N) is 2. The molecule has 12 heteroatoms. The molecule has 34 heavy (non-hydrogen) atoms. The Morgan fingerprint density at radius 2 is 1.79 bits per heavy atom. The normalized spacial score (nSPS) is 10.6. The Kier molecular flexibility index (Phi) is 8.54. The van der Waals surface area contributed by atoms with Crippen molar-refractivity contribution in [3.8, 4) is 5.75 Å². The fourth-order valence-corrected chi connectivity index (χ4v) is 4.44. The molecular weight excluding hydrogens is 505 g/mol. The third-order valence-corrected chi connectivity index (χ3v) is 6.15. The van der Waals surface area contributed by atoms with Crippen molar-refractivity contribution in [1.82, 2.24) is 9.78 Å². The van der Waals surface area contributed by atoms with Gasteiger partial charge in [0.15, 0.2) is 12.4 Å². The Morgan fingerprint density at radius 1 is 1.09 bits per heavy atom. The van der Waals surface area contributed by atoms with E-state index in [0.717, 1.165) is 11.3 Å². The van der Waals surface area contributed by atoms with E-state index in [1.807, 2.05) is 0 Å². The average molecular weight is 526 g/mol. The van der Waals surface area contributed by atoms with E-state index >= 15 is 0 Å². The highest BCUT2D eigenvalue weighted by Gasteiger charge is 2.28. The zero-order chi connectivity index (χ0) is 24.8. The van der Waals surface area contributed by atoms with E-state index in [1.165, 1.54) is 10.7 Å². The van der Waals surface area contributed by atoms with Crippen molar-refractivity contribution in [2.24, 2.45) is 0 Å². The standard InChI is InChI=1S/C22H21Cl2N3O6S/c1-4-31-21(29)17-12(3)18(22(30)32-5-2)34-20(17)25-19(28)15-8-9-27(26-15)11-33-16-7-6-13(23)10-14(16)24/h6-10H,4-5,11H2,1-3H3,(H,25,28). The number of hydrogen-bond donors (Lipinski definition) is 1. The van der Waals surface area contributed by atoms with Gasteiger partial charge in [0.1, 0.15) is 15.6 Å². The Bertz CT molecular complexity index is 1220. The van der Waals surface area contributed by atoms with Crippen LogP contribution in [0.1, 0.15) is 49.9 Å². The van der Waals surface area contributed by atoms with E-state index in [0.29, 0.717) is 21.4 Å². The van der Waals surface area contributed by atoms with Crippen molar-refractivity contribution in [3.05, 3.63) is 62.2 Å². The SMILES string of the molecule is CCOC(=O)c1sc(NC(=O)c2ccn(COc3ccc(Cl)cc3Cl)n2)c(C(=O)OCC)c1C. The second-order valence-electron chi connectivity index (χ2n) is 6.74. The summed E-state index contributed by atoms with van der Waals surface area (Å²) in [5, 5.41) is 7.82. The van der Waals surface area contributed by atoms with Crippen LogP contribution < -0.4 is 10.1 Å². The zero-order valence-electron chi connectivity index (χ0n) is 18.5. The Morgan fingerprint density at radius 3 is 2.47 bits per heavy atom. The molecule has 0 fully saturated rings. The van der Waals surface area contributed by atoms with Gasteiger partial charge in [-0.25, -0.2) is 14.3 Å². The molecule has 2 aromatic heterocycles. The summed E-state index contributed by atoms with van der Waals surface area (Å²) in [7, 11) is 0. The molecule has 0 saturated carbocycles. The Hall–Kier alpha value is -3.08. The van der Waals surface area contributed by atoms with Crippen molar-refractivity contribution in [3.63, 3.8) is 0 Å². The number of rotatable bonds is 9. The molecule has 1 N–H and O–H groups in total. The van der Waals surface area contributed by atoms with E-state index in [-0.39, 0.29) is 41.1 Å². The van der Waals surface area contributed by atoms with Gasteiger partial charge in [-0.15, -0.1) is 11.3 Å². The second-order valence-corrected chi connectivity index (χ2v) is 8.61. The Labute approximate surface area is 209 Å². The predicted molar refractivity (Wildman–Crippen MR) is 128 cm³/mol. The molecule has 0 unspecified atom stereocenters. The molecule has 0 aliphatic rings. The highest BCUT2D eigenvalue weighted by Crippen LogP contribution is 2.34. The summed E-state index contributed by atoms with van der Waals surface area (Å²) in [5.74, 6) is -1.41. The van der Waals surface area contributed by atoms with Crippen LogP contribution in [-0.4, -0.2) is 40.8 Å². The highest BCUT2D eigenvalue weighted by atomic mass is 35.5. The van der Waals surface area contributed by atoms with E-state index < -0.39 is 17.8 Å². The van der Waals surface area contributed by atoms with Crippen LogP contribution in [0, 0.1) is 6.92 Å². The summed E-state index contributed by atoms with van der Waals surface area (Å²) in [6.07, 6.45) is 1.55. The van der Waals surface area contributed by atoms with Crippen molar-refractivity contribution in [1.29, 1.82) is 0 Å². The molecule has 0 spiro atoms. The van der Waals surface area contributed by atoms with Crippen LogP contribution in [0.15, 0.2) is 30.5 Å². The van der Waals surface area contributed by atoms with E-state index in [9.17, 15) is 14.4 Å². The maximum absolute atomic E-state index is 12.8. The Balaban J connectivity index is 1.77. The number of halogens is 2. The molecule has 3 aromatic rings. The zero-order valence-corrected chi connectivity index (χ0v) is 20.8. The molecule has 0 radical (unpaired) electrons. The van der Waals surface area contributed by atoms with E-state index in [2.05, 4.69) is 10.4 Å². The van der Waals surface area contributed by atoms with Crippen LogP contribution in [0.5, 0.6) is 5.75 Å². The summed E-state index contributed by atoms with van der Waals surface area (Å²) >= 11 is 12.9. The molecule has 9 nitrogen and oxygen atoms in total. The first-order chi connectivity index (χ1) is 16.2. The fourth-order valence-electron chi connectivity index (χ4n) is 2.89. The molecule has 0 bridgehead atoms. The summed E-state index contributed by atoms with van der Waals surface area (Å²) in [6, 6.07) is 6.30. The average Bonchev–Trinajstić information content (AvgIpc) is 3.38. The lowest BCUT2D eigenvalue weighted by Gasteiger charge is -2.08. The molecule has 0 aliphatic heterocycles. The fraction of sp³-hybridized carbons (Fsp3) is 0.273. The van der Waals surface area contributed by atoms with Crippen LogP contribution in [-0.2, 0) is 16.2 Å². The number of amides is 1. The maximum atomic E-state index is 12.8. The first-order valence-electron chi connectivity index (χ1n) is 10.1. The molecule has 0 atom stereocenters. The van der Waals surface area contributed by atoms with Gasteiger partial charge in [-0.05, 0) is 50.6 Å². The maximum Gasteiger partial charge on any atom is 0.348 e. The molecule has 2 heterocycles. The molecule has 1 aromatic carbocycles. The minimum Gasteiger partial charge on any atom is -0.470 e. The molecule has 180 valence electrons. The van der Waals surface area contributed by atoms with Gasteiger partial charge in [0.2, 0.25) is 0 Å². The first-order valence-corrected chi connectivity index (χ1v) is 11.7. The molecule has 0 aliphatic carbocycles. The van der Waals surface area contributed by atoms with Crippen LogP contribution in [0.25, 0.3) is 0 Å². The van der Waals surface area contributed by atoms with Crippen LogP contribution in [0.3, 0.4) is 0 Å². The van der Waals surface area contributed by atoms with Gasteiger partial charge in [0.25, 0.3) is 5.91 Å². The number of carbonyl (C=O) groups excluding carboxylic acids is 3. The minimum atomic E-state index is -0.652. The number of hydrogen-bond acceptors (Lipinski definition) is 8. The largest absolute Gasteiger partial charge is 0.470 e. The van der Waals surface area contributed by atoms with Crippen LogP contribution in [0.2, 0.25) is 10.0 Å². The monoisotopic (exact) mass is 525 g/mol. The summed E-state index contributed by atoms with van der Waals surface area (Å²) < 4.78 is 17.1. The predicted octanol–water partition coefficient (Wildman–Crippen LogP) is 5.20. The number of benzene rings is 1. The number of esters is 2. The van der Waals surface area contributed by atoms with Gasteiger partial charge in [0, 0.05) is 11.2 Å². The quantitative estimate of drug-likeness (QED) is 0.382. The summed E-state index contributed by atoms with van der Waals surface area (Å²) in [4.78, 5) is 37.8. The third-order valence-electron chi connectivity index (χ3n) is 4.43. The summed E-state index contributed by atoms with van der Waals surface area (Å²) in [6.45, 7) is 5.24. The second kappa shape index (κ2) is 11.4. The van der Waals surface area contributed by atoms with Crippen LogP contribution in [0.4, 0.5) is 5.00 Å². The third kappa shape index (κ3) is 5.88. The number of carbonyl (C=O) groups is 3. The van der Waals surface area contributed by atoms with Crippen LogP contribution >= 0.6 is 34.5 Å². The molecule has 0 saturated heterocycles. The minimum absolute atomic E-state index is 0.00613. The van der Waals surface area contributed by atoms with E-state index in [1.54, 1.807) is 45.2 Å². The topological polar surface area (TPSA) is 109 Å². The molecule has 1 amide bonds. The molecular formula is C22H21Cl2N3O6S. The van der Waals surface area contributed by atoms with Gasteiger partial charge in [-0.1, -0.05) is 23.2 Å². The van der Waals surface area contributed by atoms with Gasteiger partial charge in [0.05, 0.1) is 23.8 Å². The van der Waals surface area contributed by atoms with Gasteiger partial charge >= 0.3 is 11.9 Å². The smallest absolute Gasteiger partial charge is 0.348 e. The lowest BCUT2D eigenvalue weighted by atomic mass is 10.1.